The van der Waals surface area contributed by atoms with Crippen molar-refractivity contribution in [1.82, 2.24) is 15.0 Å². The van der Waals surface area contributed by atoms with Crippen molar-refractivity contribution >= 4 is 5.97 Å². The van der Waals surface area contributed by atoms with E-state index in [1.807, 2.05) is 0 Å². The van der Waals surface area contributed by atoms with Crippen LogP contribution in [0.5, 0.6) is 0 Å². The Balaban J connectivity index is 2.32. The van der Waals surface area contributed by atoms with Crippen LogP contribution in [0.4, 0.5) is 8.78 Å². The highest BCUT2D eigenvalue weighted by atomic mass is 19.1. The van der Waals surface area contributed by atoms with Crippen LogP contribution in [-0.2, 0) is 17.7 Å². The van der Waals surface area contributed by atoms with Gasteiger partial charge in [-0.25, -0.2) is 18.3 Å². The molecule has 0 unspecified atom stereocenters. The molecule has 0 spiro atoms. The van der Waals surface area contributed by atoms with Crippen LogP contribution >= 0.6 is 0 Å². The predicted octanol–water partition coefficient (Wildman–Crippen LogP) is 1.49. The Hall–Kier alpha value is -2.35. The molecule has 0 aliphatic heterocycles. The van der Waals surface area contributed by atoms with Crippen molar-refractivity contribution in [3.8, 4) is 0 Å². The zero-order valence-electron chi connectivity index (χ0n) is 11.2. The first-order valence-corrected chi connectivity index (χ1v) is 6.11. The monoisotopic (exact) mass is 297 g/mol. The fourth-order valence-electron chi connectivity index (χ4n) is 1.95. The van der Waals surface area contributed by atoms with Crippen molar-refractivity contribution in [1.29, 1.82) is 0 Å². The third-order valence-electron chi connectivity index (χ3n) is 2.84. The summed E-state index contributed by atoms with van der Waals surface area (Å²) in [5.74, 6) is -2.62. The number of methoxy groups -OCH3 is 1. The second-order valence-corrected chi connectivity index (χ2v) is 4.37. The molecule has 1 aromatic heterocycles. The molecular formula is C13H13F2N3O3. The van der Waals surface area contributed by atoms with E-state index in [0.717, 1.165) is 18.2 Å². The molecule has 0 radical (unpaired) electrons. The number of carboxylic acid groups (broad SMARTS) is 1. The summed E-state index contributed by atoms with van der Waals surface area (Å²) >= 11 is 0. The summed E-state index contributed by atoms with van der Waals surface area (Å²) in [5, 5.41) is 16.4. The van der Waals surface area contributed by atoms with Crippen LogP contribution in [0.1, 0.15) is 21.7 Å². The van der Waals surface area contributed by atoms with Gasteiger partial charge in [-0.05, 0) is 17.7 Å². The zero-order chi connectivity index (χ0) is 15.4. The number of aromatic carboxylic acids is 1. The Kier molecular flexibility index (Phi) is 4.59. The average Bonchev–Trinajstić information content (AvgIpc) is 2.78. The van der Waals surface area contributed by atoms with Gasteiger partial charge in [-0.1, -0.05) is 5.21 Å². The summed E-state index contributed by atoms with van der Waals surface area (Å²) in [5.41, 5.74) is 0.478. The smallest absolute Gasteiger partial charge is 0.358 e. The Labute approximate surface area is 119 Å². The number of rotatable bonds is 6. The molecule has 1 N–H and O–H groups in total. The molecule has 0 amide bonds. The van der Waals surface area contributed by atoms with E-state index in [2.05, 4.69) is 10.3 Å². The van der Waals surface area contributed by atoms with E-state index < -0.39 is 17.6 Å². The van der Waals surface area contributed by atoms with E-state index in [-0.39, 0.29) is 25.3 Å². The molecule has 0 atom stereocenters. The molecule has 6 nitrogen and oxygen atoms in total. The Morgan fingerprint density at radius 2 is 2.00 bits per heavy atom. The highest BCUT2D eigenvalue weighted by molar-refractivity contribution is 5.86. The predicted molar refractivity (Wildman–Crippen MR) is 68.0 cm³/mol. The van der Waals surface area contributed by atoms with Crippen molar-refractivity contribution in [2.24, 2.45) is 0 Å². The lowest BCUT2D eigenvalue weighted by molar-refractivity contribution is 0.0688. The maximum Gasteiger partial charge on any atom is 0.358 e. The quantitative estimate of drug-likeness (QED) is 0.874. The van der Waals surface area contributed by atoms with E-state index in [4.69, 9.17) is 9.84 Å². The van der Waals surface area contributed by atoms with Crippen LogP contribution in [0.15, 0.2) is 18.2 Å². The van der Waals surface area contributed by atoms with Crippen LogP contribution < -0.4 is 0 Å². The Bertz CT molecular complexity index is 638. The van der Waals surface area contributed by atoms with Gasteiger partial charge < -0.3 is 9.84 Å². The fourth-order valence-corrected chi connectivity index (χ4v) is 1.95. The van der Waals surface area contributed by atoms with Gasteiger partial charge in [-0.3, -0.25) is 0 Å². The van der Waals surface area contributed by atoms with Gasteiger partial charge in [-0.15, -0.1) is 5.10 Å². The minimum atomic E-state index is -1.21. The summed E-state index contributed by atoms with van der Waals surface area (Å²) in [6.45, 7) is 0.305. The van der Waals surface area contributed by atoms with E-state index in [1.54, 1.807) is 0 Å². The molecule has 0 fully saturated rings. The summed E-state index contributed by atoms with van der Waals surface area (Å²) < 4.78 is 32.5. The molecule has 0 bridgehead atoms. The van der Waals surface area contributed by atoms with Crippen LogP contribution in [0.2, 0.25) is 0 Å². The van der Waals surface area contributed by atoms with Gasteiger partial charge in [0.05, 0.1) is 18.8 Å². The number of hydrogen-bond acceptors (Lipinski definition) is 4. The van der Waals surface area contributed by atoms with Crippen molar-refractivity contribution in [2.75, 3.05) is 13.7 Å². The number of halogens is 2. The topological polar surface area (TPSA) is 77.2 Å². The average molecular weight is 297 g/mol. The van der Waals surface area contributed by atoms with E-state index in [9.17, 15) is 13.6 Å². The number of benzene rings is 1. The maximum absolute atomic E-state index is 13.2. The Morgan fingerprint density at radius 1 is 1.33 bits per heavy atom. The van der Waals surface area contributed by atoms with Crippen molar-refractivity contribution in [3.63, 3.8) is 0 Å². The first-order chi connectivity index (χ1) is 10.0. The molecule has 21 heavy (non-hydrogen) atoms. The molecular weight excluding hydrogens is 284 g/mol. The van der Waals surface area contributed by atoms with Gasteiger partial charge in [-0.2, -0.15) is 0 Å². The van der Waals surface area contributed by atoms with Crippen LogP contribution in [0, 0.1) is 11.6 Å². The number of aromatic nitrogens is 3. The lowest BCUT2D eigenvalue weighted by atomic mass is 10.2. The van der Waals surface area contributed by atoms with Crippen molar-refractivity contribution in [2.45, 2.75) is 13.0 Å². The lowest BCUT2D eigenvalue weighted by Crippen LogP contribution is -2.12. The number of nitrogens with zero attached hydrogens (tertiary/aromatic N) is 3. The van der Waals surface area contributed by atoms with Gasteiger partial charge >= 0.3 is 5.97 Å². The van der Waals surface area contributed by atoms with Crippen LogP contribution in [0.25, 0.3) is 0 Å². The highest BCUT2D eigenvalue weighted by Crippen LogP contribution is 2.13. The fraction of sp³-hybridized carbons (Fsp3) is 0.308. The maximum atomic E-state index is 13.2. The van der Waals surface area contributed by atoms with Crippen molar-refractivity contribution in [3.05, 3.63) is 46.8 Å². The number of ether oxygens (including phenoxy) is 1. The second kappa shape index (κ2) is 6.40. The summed E-state index contributed by atoms with van der Waals surface area (Å²) in [6, 6.07) is 3.08. The number of hydrogen-bond donors (Lipinski definition) is 1. The molecule has 2 rings (SSSR count). The molecule has 1 heterocycles. The van der Waals surface area contributed by atoms with Crippen LogP contribution in [-0.4, -0.2) is 39.8 Å². The first kappa shape index (κ1) is 15.0. The highest BCUT2D eigenvalue weighted by Gasteiger charge is 2.19. The Morgan fingerprint density at radius 3 is 2.57 bits per heavy atom. The van der Waals surface area contributed by atoms with E-state index in [1.165, 1.54) is 11.8 Å². The minimum absolute atomic E-state index is 0.0218. The molecule has 8 heteroatoms. The van der Waals surface area contributed by atoms with Crippen LogP contribution in [0.3, 0.4) is 0 Å². The number of carboxylic acids is 1. The molecule has 0 aliphatic rings. The van der Waals surface area contributed by atoms with Gasteiger partial charge in [0.1, 0.15) is 11.6 Å². The molecule has 2 aromatic rings. The molecule has 1 aromatic carbocycles. The summed E-state index contributed by atoms with van der Waals surface area (Å²) in [4.78, 5) is 11.1. The second-order valence-electron chi connectivity index (χ2n) is 4.37. The zero-order valence-corrected chi connectivity index (χ0v) is 11.2. The summed E-state index contributed by atoms with van der Waals surface area (Å²) in [6.07, 6.45) is 0.281. The van der Waals surface area contributed by atoms with E-state index in [0.29, 0.717) is 11.3 Å². The van der Waals surface area contributed by atoms with Gasteiger partial charge in [0, 0.05) is 19.6 Å². The van der Waals surface area contributed by atoms with Gasteiger partial charge in [0.25, 0.3) is 0 Å². The number of carbonyl (C=O) groups is 1. The van der Waals surface area contributed by atoms with Crippen molar-refractivity contribution < 1.29 is 23.4 Å². The summed E-state index contributed by atoms with van der Waals surface area (Å²) in [7, 11) is 1.48. The van der Waals surface area contributed by atoms with E-state index >= 15 is 0 Å². The SMILES string of the molecule is COCCc1c(C(=O)O)nnn1Cc1cc(F)cc(F)c1. The minimum Gasteiger partial charge on any atom is -0.476 e. The third kappa shape index (κ3) is 3.60. The largest absolute Gasteiger partial charge is 0.476 e. The lowest BCUT2D eigenvalue weighted by Gasteiger charge is -2.07. The van der Waals surface area contributed by atoms with Gasteiger partial charge in [0.15, 0.2) is 5.69 Å². The first-order valence-electron chi connectivity index (χ1n) is 6.11. The van der Waals surface area contributed by atoms with Gasteiger partial charge in [0.2, 0.25) is 0 Å². The molecule has 112 valence electrons. The third-order valence-corrected chi connectivity index (χ3v) is 2.84. The molecule has 0 saturated carbocycles. The standard InChI is InChI=1S/C13H13F2N3O3/c1-21-3-2-11-12(13(19)20)16-17-18(11)7-8-4-9(14)6-10(15)5-8/h4-6H,2-3,7H2,1H3,(H,19,20). The normalized spacial score (nSPS) is 10.8. The molecule has 0 aliphatic carbocycles. The molecule has 0 saturated heterocycles.